The van der Waals surface area contributed by atoms with E-state index in [4.69, 9.17) is 27.4 Å². The standard InChI is InChI=1S/C25H26N4O9/c1-3-34-12-11-29-20-19(27-25(29)28-10-4-9-26-13-14(28)2)21-23(37-17(32)7-5-15(30)35-21)24-22(20)36-16(31)6-8-18(33)38-24/h5-8,14,26H,3-4,9-13H2,1-2H3. The molecule has 0 spiro atoms. The third kappa shape index (κ3) is 4.85. The fourth-order valence-corrected chi connectivity index (χ4v) is 4.48. The number of anilines is 1. The van der Waals surface area contributed by atoms with Crippen LogP contribution in [0.3, 0.4) is 0 Å². The monoisotopic (exact) mass is 526 g/mol. The molecule has 0 amide bonds. The summed E-state index contributed by atoms with van der Waals surface area (Å²) in [5.74, 6) is 0.492. The van der Waals surface area contributed by atoms with Gasteiger partial charge in [0, 0.05) is 56.5 Å². The van der Waals surface area contributed by atoms with Crippen molar-refractivity contribution in [2.45, 2.75) is 32.9 Å². The van der Waals surface area contributed by atoms with E-state index in [0.29, 0.717) is 25.6 Å². The van der Waals surface area contributed by atoms with Crippen molar-refractivity contribution in [2.24, 2.45) is 0 Å². The van der Waals surface area contributed by atoms with Crippen molar-refractivity contribution < 1.29 is 22.4 Å². The summed E-state index contributed by atoms with van der Waals surface area (Å²) in [6.07, 6.45) is 0.837. The van der Waals surface area contributed by atoms with Crippen LogP contribution in [0.4, 0.5) is 5.95 Å². The van der Waals surface area contributed by atoms with Crippen molar-refractivity contribution in [3.05, 3.63) is 65.9 Å². The van der Waals surface area contributed by atoms with Crippen molar-refractivity contribution in [2.75, 3.05) is 37.7 Å². The van der Waals surface area contributed by atoms with E-state index in [0.717, 1.165) is 37.2 Å². The van der Waals surface area contributed by atoms with Crippen molar-refractivity contribution in [1.82, 2.24) is 14.9 Å². The fourth-order valence-electron chi connectivity index (χ4n) is 4.48. The zero-order chi connectivity index (χ0) is 26.8. The number of nitrogens with zero attached hydrogens (tertiary/aromatic N) is 3. The van der Waals surface area contributed by atoms with Crippen LogP contribution in [0.5, 0.6) is 0 Å². The molecule has 200 valence electrons. The molecule has 1 atom stereocenters. The highest BCUT2D eigenvalue weighted by Gasteiger charge is 2.28. The van der Waals surface area contributed by atoms with Gasteiger partial charge in [0.15, 0.2) is 0 Å². The Morgan fingerprint density at radius 2 is 1.50 bits per heavy atom. The molecule has 0 saturated carbocycles. The predicted octanol–water partition coefficient (Wildman–Crippen LogP) is 1.50. The van der Waals surface area contributed by atoms with Crippen LogP contribution < -0.4 is 32.7 Å². The van der Waals surface area contributed by atoms with E-state index < -0.39 is 28.1 Å². The number of benzene rings is 1. The summed E-state index contributed by atoms with van der Waals surface area (Å²) in [5, 5.41) is 3.38. The van der Waals surface area contributed by atoms with Crippen LogP contribution in [0.2, 0.25) is 0 Å². The molecule has 1 N–H and O–H groups in total. The molecular formula is C25H26N4O9. The van der Waals surface area contributed by atoms with Gasteiger partial charge in [0.2, 0.25) is 28.3 Å². The number of ether oxygens (including phenoxy) is 1. The predicted molar refractivity (Wildman–Crippen MR) is 137 cm³/mol. The lowest BCUT2D eigenvalue weighted by Crippen LogP contribution is -2.39. The summed E-state index contributed by atoms with van der Waals surface area (Å²) in [4.78, 5) is 56.8. The lowest BCUT2D eigenvalue weighted by atomic mass is 10.2. The van der Waals surface area contributed by atoms with E-state index in [1.165, 1.54) is 0 Å². The second-order valence-electron chi connectivity index (χ2n) is 8.73. The van der Waals surface area contributed by atoms with Gasteiger partial charge in [-0.2, -0.15) is 0 Å². The third-order valence-electron chi connectivity index (χ3n) is 6.16. The Morgan fingerprint density at radius 3 is 2.13 bits per heavy atom. The molecule has 4 heterocycles. The number of aromatic nitrogens is 2. The van der Waals surface area contributed by atoms with Gasteiger partial charge in [0.05, 0.1) is 6.61 Å². The summed E-state index contributed by atoms with van der Waals surface area (Å²) < 4.78 is 29.4. The smallest absolute Gasteiger partial charge is 0.336 e. The lowest BCUT2D eigenvalue weighted by molar-refractivity contribution is 0.140. The maximum absolute atomic E-state index is 12.6. The topological polar surface area (TPSA) is 163 Å². The van der Waals surface area contributed by atoms with E-state index in [-0.39, 0.29) is 47.0 Å². The van der Waals surface area contributed by atoms with E-state index in [1.807, 2.05) is 13.8 Å². The minimum atomic E-state index is -0.923. The zero-order valence-electron chi connectivity index (χ0n) is 20.9. The zero-order valence-corrected chi connectivity index (χ0v) is 20.9. The summed E-state index contributed by atoms with van der Waals surface area (Å²) in [6, 6.07) is 3.61. The number of imidazole rings is 1. The molecule has 13 heteroatoms. The van der Waals surface area contributed by atoms with Gasteiger partial charge in [-0.1, -0.05) is 0 Å². The maximum atomic E-state index is 12.6. The van der Waals surface area contributed by atoms with Gasteiger partial charge in [0.25, 0.3) is 0 Å². The van der Waals surface area contributed by atoms with Crippen LogP contribution in [0.15, 0.2) is 61.1 Å². The Hall–Kier alpha value is -4.23. The fraction of sp³-hybridized carbons (Fsp3) is 0.400. The van der Waals surface area contributed by atoms with Crippen LogP contribution in [0.25, 0.3) is 33.4 Å². The van der Waals surface area contributed by atoms with Gasteiger partial charge in [-0.15, -0.1) is 0 Å². The molecule has 0 bridgehead atoms. The Kier molecular flexibility index (Phi) is 7.11. The van der Waals surface area contributed by atoms with Crippen LogP contribution in [-0.4, -0.2) is 48.4 Å². The maximum Gasteiger partial charge on any atom is 0.336 e. The molecule has 4 aromatic rings. The molecule has 1 unspecified atom stereocenters. The van der Waals surface area contributed by atoms with E-state index >= 15 is 0 Å². The van der Waals surface area contributed by atoms with Gasteiger partial charge in [-0.25, -0.2) is 24.2 Å². The first kappa shape index (κ1) is 25.4. The molecular weight excluding hydrogens is 500 g/mol. The van der Waals surface area contributed by atoms with Crippen molar-refractivity contribution in [3.8, 4) is 0 Å². The first-order valence-corrected chi connectivity index (χ1v) is 12.3. The highest BCUT2D eigenvalue weighted by Crippen LogP contribution is 2.35. The second kappa shape index (κ2) is 10.6. The number of rotatable bonds is 5. The van der Waals surface area contributed by atoms with E-state index in [9.17, 15) is 19.2 Å². The average Bonchev–Trinajstić information content (AvgIpc) is 3.10. The molecule has 1 aromatic carbocycles. The van der Waals surface area contributed by atoms with Gasteiger partial charge >= 0.3 is 22.5 Å². The number of hydrogen-bond donors (Lipinski definition) is 1. The minimum Gasteiger partial charge on any atom is -0.417 e. The first-order chi connectivity index (χ1) is 18.4. The summed E-state index contributed by atoms with van der Waals surface area (Å²) in [6.45, 7) is 7.11. The molecule has 5 rings (SSSR count). The van der Waals surface area contributed by atoms with Crippen molar-refractivity contribution in [1.29, 1.82) is 0 Å². The molecule has 13 nitrogen and oxygen atoms in total. The Labute approximate surface area is 213 Å². The van der Waals surface area contributed by atoms with Gasteiger partial charge in [-0.05, 0) is 26.8 Å². The van der Waals surface area contributed by atoms with Gasteiger partial charge in [0.1, 0.15) is 11.0 Å². The summed E-state index contributed by atoms with van der Waals surface area (Å²) >= 11 is 0. The van der Waals surface area contributed by atoms with Crippen molar-refractivity contribution in [3.63, 3.8) is 0 Å². The molecule has 0 aliphatic carbocycles. The quantitative estimate of drug-likeness (QED) is 0.373. The summed E-state index contributed by atoms with van der Waals surface area (Å²) in [5.41, 5.74) is -4.51. The summed E-state index contributed by atoms with van der Waals surface area (Å²) in [7, 11) is 0. The molecule has 3 aromatic heterocycles. The first-order valence-electron chi connectivity index (χ1n) is 12.3. The Bertz CT molecular complexity index is 1800. The SMILES string of the molecule is CCOCCn1c(N2CCCNCC2C)nc2c3oc(=O)ccc(=O)oc3c3oc(=O)ccc(=O)oc3c21. The van der Waals surface area contributed by atoms with Crippen LogP contribution in [0, 0.1) is 0 Å². The number of nitrogens with one attached hydrogen (secondary N) is 1. The normalized spacial score (nSPS) is 16.2. The number of fused-ring (bicyclic) bond motifs is 6. The van der Waals surface area contributed by atoms with E-state index in [1.54, 1.807) is 4.57 Å². The third-order valence-corrected chi connectivity index (χ3v) is 6.16. The lowest BCUT2D eigenvalue weighted by Gasteiger charge is -2.28. The van der Waals surface area contributed by atoms with Gasteiger partial charge < -0.3 is 37.2 Å². The van der Waals surface area contributed by atoms with Crippen LogP contribution >= 0.6 is 0 Å². The van der Waals surface area contributed by atoms with Crippen LogP contribution in [-0.2, 0) is 11.3 Å². The highest BCUT2D eigenvalue weighted by atomic mass is 16.5. The molecule has 1 aliphatic rings. The average molecular weight is 527 g/mol. The minimum absolute atomic E-state index is 0.0235. The van der Waals surface area contributed by atoms with E-state index in [2.05, 4.69) is 10.2 Å². The number of hydrogen-bond acceptors (Lipinski definition) is 12. The van der Waals surface area contributed by atoms with Crippen molar-refractivity contribution >= 4 is 39.3 Å². The molecule has 38 heavy (non-hydrogen) atoms. The molecule has 1 aliphatic heterocycles. The Balaban J connectivity index is 2.05. The Morgan fingerprint density at radius 1 is 0.921 bits per heavy atom. The van der Waals surface area contributed by atoms with Crippen LogP contribution in [0.1, 0.15) is 20.3 Å². The van der Waals surface area contributed by atoms with Gasteiger partial charge in [-0.3, -0.25) is 0 Å². The largest absolute Gasteiger partial charge is 0.417 e. The second-order valence-corrected chi connectivity index (χ2v) is 8.73. The molecule has 1 saturated heterocycles. The molecule has 1 fully saturated rings. The molecule has 0 radical (unpaired) electrons. The highest BCUT2D eigenvalue weighted by molar-refractivity contribution is 6.15.